The number of ether oxygens (including phenoxy) is 1. The van der Waals surface area contributed by atoms with Gasteiger partial charge in [-0.1, -0.05) is 0 Å². The van der Waals surface area contributed by atoms with E-state index < -0.39 is 10.9 Å². The van der Waals surface area contributed by atoms with Crippen LogP contribution in [-0.4, -0.2) is 33.2 Å². The van der Waals surface area contributed by atoms with Crippen molar-refractivity contribution >= 4 is 22.7 Å². The largest absolute Gasteiger partial charge is 0.469 e. The molecule has 0 fully saturated rings. The summed E-state index contributed by atoms with van der Waals surface area (Å²) < 4.78 is 4.51. The number of aromatic amines is 1. The average molecular weight is 236 g/mol. The lowest BCUT2D eigenvalue weighted by atomic mass is 10.2. The highest BCUT2D eigenvalue weighted by Crippen LogP contribution is 2.20. The number of hydrogen-bond acceptors (Lipinski definition) is 6. The van der Waals surface area contributed by atoms with Crippen molar-refractivity contribution in [2.75, 3.05) is 7.11 Å². The second-order valence-electron chi connectivity index (χ2n) is 3.28. The lowest BCUT2D eigenvalue weighted by molar-refractivity contribution is -0.385. The van der Waals surface area contributed by atoms with Gasteiger partial charge in [0.15, 0.2) is 5.65 Å². The Balaban J connectivity index is 2.46. The number of fused-ring (bicyclic) bond motifs is 1. The Morgan fingerprint density at radius 2 is 2.41 bits per heavy atom. The maximum atomic E-state index is 11.1. The van der Waals surface area contributed by atoms with Crippen LogP contribution in [0.2, 0.25) is 0 Å². The molecule has 2 aromatic heterocycles. The molecule has 8 nitrogen and oxygen atoms in total. The van der Waals surface area contributed by atoms with Gasteiger partial charge in [0, 0.05) is 11.5 Å². The SMILES string of the molecule is COC(=O)Cc1[nH]nc2ncc([N+](=O)[O-])cc12. The van der Waals surface area contributed by atoms with Gasteiger partial charge in [0.1, 0.15) is 6.20 Å². The third-order valence-corrected chi connectivity index (χ3v) is 2.23. The predicted octanol–water partition coefficient (Wildman–Crippen LogP) is 0.582. The molecule has 17 heavy (non-hydrogen) atoms. The molecule has 0 bridgehead atoms. The van der Waals surface area contributed by atoms with Gasteiger partial charge < -0.3 is 4.74 Å². The second-order valence-corrected chi connectivity index (χ2v) is 3.28. The molecule has 8 heteroatoms. The fraction of sp³-hybridized carbons (Fsp3) is 0.222. The third-order valence-electron chi connectivity index (χ3n) is 2.23. The first kappa shape index (κ1) is 11.0. The van der Waals surface area contributed by atoms with Crippen molar-refractivity contribution in [2.24, 2.45) is 0 Å². The van der Waals surface area contributed by atoms with E-state index in [-0.39, 0.29) is 12.1 Å². The number of nitrogens with zero attached hydrogens (tertiary/aromatic N) is 3. The van der Waals surface area contributed by atoms with Gasteiger partial charge in [-0.2, -0.15) is 5.10 Å². The highest BCUT2D eigenvalue weighted by molar-refractivity contribution is 5.84. The van der Waals surface area contributed by atoms with E-state index in [0.29, 0.717) is 16.7 Å². The molecule has 0 amide bonds. The number of methoxy groups -OCH3 is 1. The molecule has 0 aromatic carbocycles. The number of rotatable bonds is 3. The Bertz CT molecular complexity index is 592. The smallest absolute Gasteiger partial charge is 0.311 e. The van der Waals surface area contributed by atoms with Crippen molar-refractivity contribution in [3.05, 3.63) is 28.1 Å². The van der Waals surface area contributed by atoms with Crippen molar-refractivity contribution in [3.8, 4) is 0 Å². The maximum absolute atomic E-state index is 11.1. The summed E-state index contributed by atoms with van der Waals surface area (Å²) in [6.45, 7) is 0. The standard InChI is InChI=1S/C9H8N4O4/c1-17-8(14)3-7-6-2-5(13(15)16)4-10-9(6)12-11-7/h2,4H,3H2,1H3,(H,10,11,12). The normalized spacial score (nSPS) is 10.4. The van der Waals surface area contributed by atoms with Crippen LogP contribution in [0, 0.1) is 10.1 Å². The molecular weight excluding hydrogens is 228 g/mol. The van der Waals surface area contributed by atoms with Crippen molar-refractivity contribution in [3.63, 3.8) is 0 Å². The van der Waals surface area contributed by atoms with E-state index in [0.717, 1.165) is 6.20 Å². The third kappa shape index (κ3) is 2.05. The number of carbonyl (C=O) groups is 1. The van der Waals surface area contributed by atoms with Gasteiger partial charge in [-0.3, -0.25) is 20.0 Å². The molecule has 0 unspecified atom stereocenters. The van der Waals surface area contributed by atoms with Crippen LogP contribution >= 0.6 is 0 Å². The van der Waals surface area contributed by atoms with Crippen LogP contribution in [0.4, 0.5) is 5.69 Å². The zero-order valence-electron chi connectivity index (χ0n) is 8.84. The van der Waals surface area contributed by atoms with Crippen LogP contribution in [-0.2, 0) is 16.0 Å². The molecule has 0 radical (unpaired) electrons. The minimum absolute atomic E-state index is 0.0319. The molecule has 0 aliphatic carbocycles. The van der Waals surface area contributed by atoms with E-state index in [1.807, 2.05) is 0 Å². The molecule has 0 saturated heterocycles. The highest BCUT2D eigenvalue weighted by atomic mass is 16.6. The van der Waals surface area contributed by atoms with Crippen molar-refractivity contribution in [1.82, 2.24) is 15.2 Å². The number of nitro groups is 1. The van der Waals surface area contributed by atoms with Crippen LogP contribution < -0.4 is 0 Å². The molecule has 88 valence electrons. The Morgan fingerprint density at radius 3 is 3.06 bits per heavy atom. The topological polar surface area (TPSA) is 111 Å². The van der Waals surface area contributed by atoms with Gasteiger partial charge in [0.2, 0.25) is 0 Å². The quantitative estimate of drug-likeness (QED) is 0.474. The van der Waals surface area contributed by atoms with Gasteiger partial charge in [0.05, 0.1) is 24.1 Å². The molecule has 1 N–H and O–H groups in total. The Labute approximate surface area is 94.8 Å². The fourth-order valence-electron chi connectivity index (χ4n) is 1.39. The van der Waals surface area contributed by atoms with Gasteiger partial charge in [-0.25, -0.2) is 4.98 Å². The molecule has 2 rings (SSSR count). The summed E-state index contributed by atoms with van der Waals surface area (Å²) in [5.74, 6) is -0.456. The van der Waals surface area contributed by atoms with Crippen molar-refractivity contribution < 1.29 is 14.5 Å². The van der Waals surface area contributed by atoms with Crippen LogP contribution in [0.5, 0.6) is 0 Å². The number of nitrogens with one attached hydrogen (secondary N) is 1. The van der Waals surface area contributed by atoms with Gasteiger partial charge in [0.25, 0.3) is 5.69 Å². The number of hydrogen-bond donors (Lipinski definition) is 1. The van der Waals surface area contributed by atoms with Gasteiger partial charge >= 0.3 is 5.97 Å². The van der Waals surface area contributed by atoms with E-state index in [4.69, 9.17) is 0 Å². The molecule has 0 saturated carbocycles. The van der Waals surface area contributed by atoms with Crippen LogP contribution in [0.3, 0.4) is 0 Å². The average Bonchev–Trinajstić information content (AvgIpc) is 2.71. The van der Waals surface area contributed by atoms with E-state index in [1.165, 1.54) is 13.2 Å². The Hall–Kier alpha value is -2.51. The molecule has 0 aliphatic heterocycles. The number of aromatic nitrogens is 3. The summed E-state index contributed by atoms with van der Waals surface area (Å²) in [6.07, 6.45) is 1.08. The monoisotopic (exact) mass is 236 g/mol. The molecule has 2 heterocycles. The van der Waals surface area contributed by atoms with Crippen molar-refractivity contribution in [1.29, 1.82) is 0 Å². The van der Waals surface area contributed by atoms with Gasteiger partial charge in [-0.05, 0) is 0 Å². The van der Waals surface area contributed by atoms with E-state index in [9.17, 15) is 14.9 Å². The predicted molar refractivity (Wildman–Crippen MR) is 56.3 cm³/mol. The molecule has 0 atom stereocenters. The lowest BCUT2D eigenvalue weighted by Crippen LogP contribution is -2.05. The number of pyridine rings is 1. The van der Waals surface area contributed by atoms with Crippen molar-refractivity contribution in [2.45, 2.75) is 6.42 Å². The van der Waals surface area contributed by atoms with Crippen LogP contribution in [0.15, 0.2) is 12.3 Å². The fourth-order valence-corrected chi connectivity index (χ4v) is 1.39. The van der Waals surface area contributed by atoms with Gasteiger partial charge in [-0.15, -0.1) is 0 Å². The first-order valence-corrected chi connectivity index (χ1v) is 4.66. The van der Waals surface area contributed by atoms with E-state index in [2.05, 4.69) is 19.9 Å². The summed E-state index contributed by atoms with van der Waals surface area (Å²) in [4.78, 5) is 25.0. The Kier molecular flexibility index (Phi) is 2.69. The minimum atomic E-state index is -0.554. The van der Waals surface area contributed by atoms with E-state index >= 15 is 0 Å². The summed E-state index contributed by atoms with van der Waals surface area (Å²) in [5.41, 5.74) is 0.627. The molecular formula is C9H8N4O4. The second kappa shape index (κ2) is 4.16. The zero-order valence-corrected chi connectivity index (χ0v) is 8.84. The Morgan fingerprint density at radius 1 is 1.65 bits per heavy atom. The zero-order chi connectivity index (χ0) is 12.4. The highest BCUT2D eigenvalue weighted by Gasteiger charge is 2.15. The first-order chi connectivity index (χ1) is 8.11. The molecule has 0 spiro atoms. The summed E-state index contributed by atoms with van der Waals surface area (Å²) >= 11 is 0. The van der Waals surface area contributed by atoms with Crippen LogP contribution in [0.1, 0.15) is 5.69 Å². The first-order valence-electron chi connectivity index (χ1n) is 4.66. The maximum Gasteiger partial charge on any atom is 0.311 e. The molecule has 2 aromatic rings. The summed E-state index contributed by atoms with van der Waals surface area (Å²) in [5, 5.41) is 17.5. The summed E-state index contributed by atoms with van der Waals surface area (Å²) in [6, 6.07) is 1.32. The number of H-pyrrole nitrogens is 1. The summed E-state index contributed by atoms with van der Waals surface area (Å²) in [7, 11) is 1.27. The van der Waals surface area contributed by atoms with Crippen LogP contribution in [0.25, 0.3) is 11.0 Å². The number of carbonyl (C=O) groups excluding carboxylic acids is 1. The minimum Gasteiger partial charge on any atom is -0.469 e. The lowest BCUT2D eigenvalue weighted by Gasteiger charge is -1.96. The molecule has 0 aliphatic rings. The number of esters is 1. The van der Waals surface area contributed by atoms with E-state index in [1.54, 1.807) is 0 Å².